The topological polar surface area (TPSA) is 12.0 Å². The normalized spacial score (nSPS) is 26.4. The summed E-state index contributed by atoms with van der Waals surface area (Å²) in [5, 5.41) is 3.51. The minimum atomic E-state index is 0.857. The van der Waals surface area contributed by atoms with Crippen LogP contribution in [0.15, 0.2) is 42.4 Å². The Kier molecular flexibility index (Phi) is 2.11. The van der Waals surface area contributed by atoms with E-state index in [4.69, 9.17) is 0 Å². The van der Waals surface area contributed by atoms with Gasteiger partial charge in [-0.15, -0.1) is 0 Å². The van der Waals surface area contributed by atoms with E-state index in [1.54, 1.807) is 0 Å². The molecule has 0 saturated carbocycles. The molecule has 0 spiro atoms. The van der Waals surface area contributed by atoms with Crippen molar-refractivity contribution in [3.63, 3.8) is 0 Å². The summed E-state index contributed by atoms with van der Waals surface area (Å²) in [6, 6.07) is 8.66. The highest BCUT2D eigenvalue weighted by molar-refractivity contribution is 5.75. The maximum absolute atomic E-state index is 3.51. The summed E-state index contributed by atoms with van der Waals surface area (Å²) in [6.45, 7) is 4.38. The molecule has 1 N–H and O–H groups in total. The Morgan fingerprint density at radius 2 is 2.19 bits per heavy atom. The summed E-state index contributed by atoms with van der Waals surface area (Å²) in [4.78, 5) is 0. The lowest BCUT2D eigenvalue weighted by Crippen LogP contribution is -2.45. The van der Waals surface area contributed by atoms with Crippen LogP contribution < -0.4 is 9.80 Å². The second-order valence-electron chi connectivity index (χ2n) is 4.36. The van der Waals surface area contributed by atoms with Crippen LogP contribution >= 0.6 is 0 Å². The van der Waals surface area contributed by atoms with Gasteiger partial charge >= 0.3 is 0 Å². The molecule has 16 heavy (non-hydrogen) atoms. The summed E-state index contributed by atoms with van der Waals surface area (Å²) in [5.41, 5.74) is 2.74. The molecule has 3 rings (SSSR count). The summed E-state index contributed by atoms with van der Waals surface area (Å²) in [6.07, 6.45) is 8.01. The van der Waals surface area contributed by atoms with Crippen molar-refractivity contribution in [2.45, 2.75) is 13.3 Å². The molecule has 0 saturated heterocycles. The summed E-state index contributed by atoms with van der Waals surface area (Å²) < 4.78 is 0.857. The van der Waals surface area contributed by atoms with Crippen LogP contribution in [0, 0.1) is 0 Å². The minimum Gasteiger partial charge on any atom is -0.341 e. The molecule has 0 aliphatic carbocycles. The quantitative estimate of drug-likeness (QED) is 0.745. The van der Waals surface area contributed by atoms with E-state index >= 15 is 0 Å². The number of nitrogens with one attached hydrogen (secondary N) is 1. The highest BCUT2D eigenvalue weighted by Gasteiger charge is 2.38. The average molecular weight is 213 g/mol. The molecule has 2 heterocycles. The number of rotatable bonds is 2. The molecular weight excluding hydrogens is 196 g/mol. The molecule has 1 aromatic carbocycles. The van der Waals surface area contributed by atoms with Crippen LogP contribution in [0.4, 0.5) is 5.69 Å². The van der Waals surface area contributed by atoms with Crippen LogP contribution in [0.2, 0.25) is 0 Å². The predicted molar refractivity (Wildman–Crippen MR) is 68.5 cm³/mol. The number of hydrogen-bond acceptors (Lipinski definition) is 1. The number of hydrogen-bond donors (Lipinski definition) is 1. The Labute approximate surface area is 96.5 Å². The fraction of sp³-hybridized carbons (Fsp3) is 0.286. The first-order valence-electron chi connectivity index (χ1n) is 5.98. The molecule has 2 nitrogen and oxygen atoms in total. The van der Waals surface area contributed by atoms with E-state index in [-0.39, 0.29) is 0 Å². The fourth-order valence-electron chi connectivity index (χ4n) is 2.72. The molecule has 2 aliphatic heterocycles. The zero-order valence-corrected chi connectivity index (χ0v) is 9.61. The van der Waals surface area contributed by atoms with Gasteiger partial charge in [-0.1, -0.05) is 12.1 Å². The van der Waals surface area contributed by atoms with Crippen LogP contribution in [0.5, 0.6) is 0 Å². The van der Waals surface area contributed by atoms with Crippen molar-refractivity contribution in [2.24, 2.45) is 0 Å². The molecule has 0 bridgehead atoms. The molecule has 2 heteroatoms. The van der Waals surface area contributed by atoms with Crippen LogP contribution in [-0.2, 0) is 0 Å². The van der Waals surface area contributed by atoms with Crippen molar-refractivity contribution >= 4 is 11.8 Å². The van der Waals surface area contributed by atoms with Gasteiger partial charge in [-0.25, -0.2) is 4.48 Å². The first kappa shape index (κ1) is 9.67. The lowest BCUT2D eigenvalue weighted by Gasteiger charge is -2.31. The van der Waals surface area contributed by atoms with Gasteiger partial charge in [0.25, 0.3) is 0 Å². The molecule has 0 aromatic heterocycles. The largest absolute Gasteiger partial charge is 0.341 e. The van der Waals surface area contributed by atoms with E-state index in [1.807, 2.05) is 0 Å². The molecule has 82 valence electrons. The number of para-hydroxylation sites is 1. The van der Waals surface area contributed by atoms with Crippen molar-refractivity contribution in [1.29, 1.82) is 0 Å². The van der Waals surface area contributed by atoms with Gasteiger partial charge in [0, 0.05) is 24.3 Å². The smallest absolute Gasteiger partial charge is 0.207 e. The predicted octanol–water partition coefficient (Wildman–Crippen LogP) is 2.83. The zero-order chi connectivity index (χ0) is 11.0. The molecule has 1 unspecified atom stereocenters. The monoisotopic (exact) mass is 213 g/mol. The van der Waals surface area contributed by atoms with Gasteiger partial charge < -0.3 is 5.32 Å². The zero-order valence-electron chi connectivity index (χ0n) is 9.61. The highest BCUT2D eigenvalue weighted by Crippen LogP contribution is 2.39. The van der Waals surface area contributed by atoms with Crippen LogP contribution in [0.1, 0.15) is 18.9 Å². The first-order valence-corrected chi connectivity index (χ1v) is 5.98. The standard InChI is InChI=1S/C14H17N2/c1-2-16(14-8-5-10-15-14)11-9-12-6-3-4-7-13(12)16/h3-4,6-9,11,15H,2,5,10H2,1H3/q+1. The van der Waals surface area contributed by atoms with E-state index < -0.39 is 0 Å². The van der Waals surface area contributed by atoms with Gasteiger partial charge in [-0.3, -0.25) is 0 Å². The SMILES string of the molecule is CC[N+]1(C2=CCCN2)C=Cc2ccccc21. The van der Waals surface area contributed by atoms with Crippen molar-refractivity contribution in [3.8, 4) is 0 Å². The van der Waals surface area contributed by atoms with Gasteiger partial charge in [0.15, 0.2) is 5.69 Å². The Balaban J connectivity index is 2.14. The van der Waals surface area contributed by atoms with Crippen LogP contribution in [0.25, 0.3) is 6.08 Å². The Bertz CT molecular complexity index is 473. The average Bonchev–Trinajstić information content (AvgIpc) is 2.97. The first-order chi connectivity index (χ1) is 7.87. The van der Waals surface area contributed by atoms with E-state index in [0.717, 1.165) is 24.0 Å². The number of benzene rings is 1. The molecule has 0 radical (unpaired) electrons. The summed E-state index contributed by atoms with van der Waals surface area (Å²) >= 11 is 0. The second-order valence-corrected chi connectivity index (χ2v) is 4.36. The number of fused-ring (bicyclic) bond motifs is 1. The van der Waals surface area contributed by atoms with E-state index in [2.05, 4.69) is 54.9 Å². The molecule has 0 amide bonds. The van der Waals surface area contributed by atoms with E-state index in [1.165, 1.54) is 17.1 Å². The van der Waals surface area contributed by atoms with Gasteiger partial charge in [-0.2, -0.15) is 0 Å². The minimum absolute atomic E-state index is 0.857. The van der Waals surface area contributed by atoms with Gasteiger partial charge in [0.1, 0.15) is 6.20 Å². The van der Waals surface area contributed by atoms with Gasteiger partial charge in [-0.05, 0) is 25.5 Å². The van der Waals surface area contributed by atoms with Crippen molar-refractivity contribution in [2.75, 3.05) is 13.1 Å². The number of quaternary nitrogens is 1. The highest BCUT2D eigenvalue weighted by atomic mass is 15.4. The molecule has 2 aliphatic rings. The molecule has 0 fully saturated rings. The Hall–Kier alpha value is -1.54. The summed E-state index contributed by atoms with van der Waals surface area (Å²) in [7, 11) is 0. The van der Waals surface area contributed by atoms with E-state index in [9.17, 15) is 0 Å². The van der Waals surface area contributed by atoms with Crippen LogP contribution in [0.3, 0.4) is 0 Å². The third kappa shape index (κ3) is 1.17. The third-order valence-electron chi connectivity index (χ3n) is 3.59. The van der Waals surface area contributed by atoms with Crippen molar-refractivity contribution < 1.29 is 0 Å². The lowest BCUT2D eigenvalue weighted by atomic mass is 10.2. The number of nitrogens with zero attached hydrogens (tertiary/aromatic N) is 1. The fourth-order valence-corrected chi connectivity index (χ4v) is 2.72. The van der Waals surface area contributed by atoms with Gasteiger partial charge in [0.2, 0.25) is 5.82 Å². The lowest BCUT2D eigenvalue weighted by molar-refractivity contribution is 0.455. The Morgan fingerprint density at radius 3 is 2.94 bits per heavy atom. The molecule has 1 atom stereocenters. The maximum Gasteiger partial charge on any atom is 0.207 e. The molecule has 1 aromatic rings. The molecular formula is C14H17N2+. The third-order valence-corrected chi connectivity index (χ3v) is 3.59. The maximum atomic E-state index is 3.51. The second kappa shape index (κ2) is 3.49. The van der Waals surface area contributed by atoms with Crippen molar-refractivity contribution in [3.05, 3.63) is 47.9 Å². The van der Waals surface area contributed by atoms with Gasteiger partial charge in [0.05, 0.1) is 6.54 Å². The van der Waals surface area contributed by atoms with Crippen molar-refractivity contribution in [1.82, 2.24) is 9.80 Å². The van der Waals surface area contributed by atoms with E-state index in [0.29, 0.717) is 0 Å². The van der Waals surface area contributed by atoms with Crippen LogP contribution in [-0.4, -0.2) is 13.1 Å². The summed E-state index contributed by atoms with van der Waals surface area (Å²) in [5.74, 6) is 1.34. The Morgan fingerprint density at radius 1 is 1.31 bits per heavy atom.